The van der Waals surface area contributed by atoms with Crippen molar-refractivity contribution in [2.45, 2.75) is 31.7 Å². The van der Waals surface area contributed by atoms with Crippen LogP contribution in [0.15, 0.2) is 22.7 Å². The number of thiocarbonyl (C=S) groups is 1. The van der Waals surface area contributed by atoms with E-state index in [1.54, 1.807) is 4.90 Å². The maximum atomic E-state index is 13.4. The fraction of sp³-hybridized carbons (Fsp3) is 0.429. The third-order valence-corrected chi connectivity index (χ3v) is 4.33. The Hall–Kier alpha value is -1.01. The minimum Gasteiger partial charge on any atom is -0.392 e. The Morgan fingerprint density at radius 2 is 2.10 bits per heavy atom. The van der Waals surface area contributed by atoms with Gasteiger partial charge >= 0.3 is 0 Å². The summed E-state index contributed by atoms with van der Waals surface area (Å²) in [5.41, 5.74) is 5.91. The van der Waals surface area contributed by atoms with E-state index in [4.69, 9.17) is 18.0 Å². The predicted molar refractivity (Wildman–Crippen MR) is 84.2 cm³/mol. The molecule has 0 saturated heterocycles. The van der Waals surface area contributed by atoms with Gasteiger partial charge in [-0.25, -0.2) is 4.39 Å². The van der Waals surface area contributed by atoms with E-state index in [0.717, 1.165) is 25.7 Å². The summed E-state index contributed by atoms with van der Waals surface area (Å²) in [5.74, 6) is -0.658. The van der Waals surface area contributed by atoms with Crippen molar-refractivity contribution in [3.63, 3.8) is 0 Å². The number of carbonyl (C=O) groups is 1. The molecule has 2 rings (SSSR count). The number of halogens is 2. The van der Waals surface area contributed by atoms with Gasteiger partial charge in [-0.3, -0.25) is 4.79 Å². The van der Waals surface area contributed by atoms with E-state index in [1.807, 2.05) is 0 Å². The predicted octanol–water partition coefficient (Wildman–Crippen LogP) is 3.26. The smallest absolute Gasteiger partial charge is 0.255 e. The molecule has 2 N–H and O–H groups in total. The first-order valence-corrected chi connectivity index (χ1v) is 7.73. The van der Waals surface area contributed by atoms with Crippen molar-refractivity contribution in [3.05, 3.63) is 34.1 Å². The average Bonchev–Trinajstić information content (AvgIpc) is 2.91. The Balaban J connectivity index is 2.29. The Bertz CT molecular complexity index is 532. The molecule has 0 aromatic heterocycles. The third kappa shape index (κ3) is 3.55. The molecule has 1 saturated carbocycles. The Morgan fingerprint density at radius 1 is 1.45 bits per heavy atom. The average molecular weight is 359 g/mol. The first-order chi connectivity index (χ1) is 9.49. The third-order valence-electron chi connectivity index (χ3n) is 3.51. The number of hydrogen-bond donors (Lipinski definition) is 1. The molecule has 1 aromatic carbocycles. The second-order valence-corrected chi connectivity index (χ2v) is 6.34. The van der Waals surface area contributed by atoms with Crippen LogP contribution in [0, 0.1) is 5.82 Å². The highest BCUT2D eigenvalue weighted by Gasteiger charge is 2.28. The van der Waals surface area contributed by atoms with Gasteiger partial charge < -0.3 is 10.6 Å². The second-order valence-electron chi connectivity index (χ2n) is 4.96. The molecule has 1 fully saturated rings. The lowest BCUT2D eigenvalue weighted by atomic mass is 10.1. The van der Waals surface area contributed by atoms with E-state index in [2.05, 4.69) is 15.9 Å². The zero-order chi connectivity index (χ0) is 14.7. The maximum absolute atomic E-state index is 13.4. The number of amides is 1. The minimum atomic E-state index is -0.432. The van der Waals surface area contributed by atoms with Gasteiger partial charge in [-0.1, -0.05) is 25.1 Å². The molecule has 0 aliphatic heterocycles. The van der Waals surface area contributed by atoms with E-state index in [-0.39, 0.29) is 23.5 Å². The van der Waals surface area contributed by atoms with Gasteiger partial charge in [0.15, 0.2) is 0 Å². The summed E-state index contributed by atoms with van der Waals surface area (Å²) in [6.07, 6.45) is 4.08. The zero-order valence-electron chi connectivity index (χ0n) is 10.9. The Labute approximate surface area is 131 Å². The van der Waals surface area contributed by atoms with Crippen LogP contribution in [0.4, 0.5) is 4.39 Å². The van der Waals surface area contributed by atoms with Crippen molar-refractivity contribution in [3.8, 4) is 0 Å². The van der Waals surface area contributed by atoms with Crippen molar-refractivity contribution in [2.75, 3.05) is 6.54 Å². The number of carbonyl (C=O) groups excluding carboxylic acids is 1. The highest BCUT2D eigenvalue weighted by atomic mass is 79.9. The van der Waals surface area contributed by atoms with Gasteiger partial charge in [0.1, 0.15) is 5.82 Å². The number of rotatable bonds is 4. The SMILES string of the molecule is NC(=S)CN(C(=O)c1cc(F)ccc1Br)C1CCCC1. The molecule has 0 radical (unpaired) electrons. The summed E-state index contributed by atoms with van der Waals surface area (Å²) in [4.78, 5) is 14.6. The quantitative estimate of drug-likeness (QED) is 0.840. The van der Waals surface area contributed by atoms with E-state index in [0.29, 0.717) is 10.0 Å². The molecular weight excluding hydrogens is 343 g/mol. The first kappa shape index (κ1) is 15.4. The molecule has 0 unspecified atom stereocenters. The molecule has 20 heavy (non-hydrogen) atoms. The van der Waals surface area contributed by atoms with Crippen molar-refractivity contribution >= 4 is 39.0 Å². The summed E-state index contributed by atoms with van der Waals surface area (Å²) in [7, 11) is 0. The van der Waals surface area contributed by atoms with Crippen LogP contribution in [0.25, 0.3) is 0 Å². The van der Waals surface area contributed by atoms with Gasteiger partial charge in [0.25, 0.3) is 5.91 Å². The fourth-order valence-corrected chi connectivity index (χ4v) is 3.12. The maximum Gasteiger partial charge on any atom is 0.255 e. The van der Waals surface area contributed by atoms with E-state index >= 15 is 0 Å². The van der Waals surface area contributed by atoms with Gasteiger partial charge in [0.2, 0.25) is 0 Å². The summed E-state index contributed by atoms with van der Waals surface area (Å²) >= 11 is 8.23. The fourth-order valence-electron chi connectivity index (χ4n) is 2.57. The molecule has 0 heterocycles. The highest BCUT2D eigenvalue weighted by Crippen LogP contribution is 2.27. The summed E-state index contributed by atoms with van der Waals surface area (Å²) in [6.45, 7) is 0.238. The molecule has 108 valence electrons. The molecule has 0 atom stereocenters. The van der Waals surface area contributed by atoms with Gasteiger partial charge in [-0.05, 0) is 47.0 Å². The van der Waals surface area contributed by atoms with Crippen LogP contribution in [-0.4, -0.2) is 28.4 Å². The minimum absolute atomic E-state index is 0.138. The van der Waals surface area contributed by atoms with Crippen molar-refractivity contribution in [2.24, 2.45) is 5.73 Å². The van der Waals surface area contributed by atoms with Crippen LogP contribution in [0.5, 0.6) is 0 Å². The van der Waals surface area contributed by atoms with Crippen molar-refractivity contribution in [1.29, 1.82) is 0 Å². The molecule has 1 aliphatic carbocycles. The monoisotopic (exact) mass is 358 g/mol. The lowest BCUT2D eigenvalue weighted by Gasteiger charge is -2.29. The lowest BCUT2D eigenvalue weighted by Crippen LogP contribution is -2.43. The van der Waals surface area contributed by atoms with Crippen LogP contribution < -0.4 is 5.73 Å². The van der Waals surface area contributed by atoms with Crippen LogP contribution >= 0.6 is 28.1 Å². The van der Waals surface area contributed by atoms with Gasteiger partial charge in [0, 0.05) is 10.5 Å². The Morgan fingerprint density at radius 3 is 2.70 bits per heavy atom. The molecule has 1 aromatic rings. The van der Waals surface area contributed by atoms with Crippen LogP contribution in [0.1, 0.15) is 36.0 Å². The molecule has 1 aliphatic rings. The highest BCUT2D eigenvalue weighted by molar-refractivity contribution is 9.10. The molecule has 0 spiro atoms. The number of benzene rings is 1. The lowest BCUT2D eigenvalue weighted by molar-refractivity contribution is 0.0713. The first-order valence-electron chi connectivity index (χ1n) is 6.53. The van der Waals surface area contributed by atoms with Gasteiger partial charge in [-0.15, -0.1) is 0 Å². The zero-order valence-corrected chi connectivity index (χ0v) is 13.3. The molecule has 3 nitrogen and oxygen atoms in total. The van der Waals surface area contributed by atoms with E-state index in [9.17, 15) is 9.18 Å². The van der Waals surface area contributed by atoms with Crippen LogP contribution in [0.2, 0.25) is 0 Å². The summed E-state index contributed by atoms with van der Waals surface area (Å²) in [6, 6.07) is 4.23. The summed E-state index contributed by atoms with van der Waals surface area (Å²) < 4.78 is 13.9. The van der Waals surface area contributed by atoms with E-state index < -0.39 is 5.82 Å². The molecule has 6 heteroatoms. The molecular formula is C14H16BrFN2OS. The molecule has 0 bridgehead atoms. The largest absolute Gasteiger partial charge is 0.392 e. The number of nitrogens with two attached hydrogens (primary N) is 1. The Kier molecular flexibility index (Phi) is 5.10. The molecule has 1 amide bonds. The summed E-state index contributed by atoms with van der Waals surface area (Å²) in [5, 5.41) is 0. The topological polar surface area (TPSA) is 46.3 Å². The standard InChI is InChI=1S/C14H16BrFN2OS/c15-12-6-5-9(16)7-11(12)14(19)18(8-13(17)20)10-3-1-2-4-10/h5-7,10H,1-4,8H2,(H2,17,20). The van der Waals surface area contributed by atoms with Gasteiger partial charge in [-0.2, -0.15) is 0 Å². The number of nitrogens with zero attached hydrogens (tertiary/aromatic N) is 1. The van der Waals surface area contributed by atoms with Crippen LogP contribution in [0.3, 0.4) is 0 Å². The second kappa shape index (κ2) is 6.63. The normalized spacial score (nSPS) is 15.3. The van der Waals surface area contributed by atoms with Gasteiger partial charge in [0.05, 0.1) is 17.1 Å². The van der Waals surface area contributed by atoms with Crippen molar-refractivity contribution < 1.29 is 9.18 Å². The van der Waals surface area contributed by atoms with Crippen molar-refractivity contribution in [1.82, 2.24) is 4.90 Å². The van der Waals surface area contributed by atoms with Crippen LogP contribution in [-0.2, 0) is 0 Å². The van der Waals surface area contributed by atoms with E-state index in [1.165, 1.54) is 18.2 Å². The number of hydrogen-bond acceptors (Lipinski definition) is 2.